The van der Waals surface area contributed by atoms with Crippen LogP contribution in [-0.2, 0) is 14.3 Å². The zero-order valence-electron chi connectivity index (χ0n) is 17.9. The molecule has 0 radical (unpaired) electrons. The lowest BCUT2D eigenvalue weighted by Gasteiger charge is -2.17. The minimum atomic E-state index is -0.624. The summed E-state index contributed by atoms with van der Waals surface area (Å²) in [5.41, 5.74) is 6.84. The van der Waals surface area contributed by atoms with Gasteiger partial charge in [0.15, 0.2) is 11.5 Å². The average Bonchev–Trinajstić information content (AvgIpc) is 3.55. The van der Waals surface area contributed by atoms with Gasteiger partial charge in [0.25, 0.3) is 0 Å². The van der Waals surface area contributed by atoms with E-state index >= 15 is 0 Å². The van der Waals surface area contributed by atoms with E-state index in [4.69, 9.17) is 15.2 Å². The molecule has 5 N–H and O–H groups in total. The molecule has 33 heavy (non-hydrogen) atoms. The van der Waals surface area contributed by atoms with Crippen LogP contribution in [0.1, 0.15) is 38.3 Å². The van der Waals surface area contributed by atoms with Crippen LogP contribution in [0.15, 0.2) is 12.7 Å². The smallest absolute Gasteiger partial charge is 0.315 e. The number of ether oxygens (including phenoxy) is 2. The van der Waals surface area contributed by atoms with Gasteiger partial charge in [0, 0.05) is 23.8 Å². The first-order chi connectivity index (χ1) is 16.0. The standard InChI is InChI=1S/C20H27N7O5S/c21-18-17-19(23-8-22-18)27(9-24-17)14-5-11(12(6-28)31-14)32-15(29)4-2-1-3-13-16-10(7-33-13)25-20(30)26-16/h8-14,16,28H,1-7H2,(H2,21,22,23)(H2,25,26,30)/t10-,11+,12+,13-,14+,16-/m0/s1. The lowest BCUT2D eigenvalue weighted by Crippen LogP contribution is -2.36. The van der Waals surface area contributed by atoms with Crippen LogP contribution in [0.2, 0.25) is 0 Å². The quantitative estimate of drug-likeness (QED) is 0.236. The third-order valence-corrected chi connectivity index (χ3v) is 7.91. The first kappa shape index (κ1) is 22.2. The molecular formula is C20H27N7O5S. The molecule has 5 heterocycles. The number of hydrogen-bond donors (Lipinski definition) is 4. The molecule has 3 aliphatic rings. The largest absolute Gasteiger partial charge is 0.459 e. The molecule has 3 aliphatic heterocycles. The number of nitrogens with one attached hydrogen (secondary N) is 2. The fraction of sp³-hybridized carbons (Fsp3) is 0.650. The summed E-state index contributed by atoms with van der Waals surface area (Å²) in [4.78, 5) is 36.3. The average molecular weight is 478 g/mol. The van der Waals surface area contributed by atoms with Crippen LogP contribution >= 0.6 is 11.8 Å². The van der Waals surface area contributed by atoms with E-state index in [1.165, 1.54) is 6.33 Å². The van der Waals surface area contributed by atoms with Crippen LogP contribution in [0, 0.1) is 0 Å². The number of imidazole rings is 1. The molecule has 2 aromatic rings. The summed E-state index contributed by atoms with van der Waals surface area (Å²) in [6.07, 6.45) is 4.44. The van der Waals surface area contributed by atoms with Gasteiger partial charge in [0.2, 0.25) is 0 Å². The van der Waals surface area contributed by atoms with Gasteiger partial charge in [0.1, 0.15) is 30.3 Å². The first-order valence-corrected chi connectivity index (χ1v) is 12.2. The summed E-state index contributed by atoms with van der Waals surface area (Å²) in [5, 5.41) is 16.0. The molecule has 3 saturated heterocycles. The van der Waals surface area contributed by atoms with Gasteiger partial charge in [-0.05, 0) is 12.8 Å². The van der Waals surface area contributed by atoms with Crippen molar-refractivity contribution < 1.29 is 24.2 Å². The Balaban J connectivity index is 1.10. The van der Waals surface area contributed by atoms with Crippen molar-refractivity contribution in [1.29, 1.82) is 0 Å². The number of aliphatic hydroxyl groups is 1. The Labute approximate surface area is 194 Å². The summed E-state index contributed by atoms with van der Waals surface area (Å²) in [7, 11) is 0. The molecule has 0 aliphatic carbocycles. The molecular weight excluding hydrogens is 450 g/mol. The number of unbranched alkanes of at least 4 members (excludes halogenated alkanes) is 1. The third-order valence-electron chi connectivity index (χ3n) is 6.40. The van der Waals surface area contributed by atoms with Crippen molar-refractivity contribution in [2.24, 2.45) is 0 Å². The topological polar surface area (TPSA) is 167 Å². The third kappa shape index (κ3) is 4.44. The number of carbonyl (C=O) groups is 2. The van der Waals surface area contributed by atoms with Crippen LogP contribution in [0.3, 0.4) is 0 Å². The van der Waals surface area contributed by atoms with E-state index in [2.05, 4.69) is 25.6 Å². The predicted molar refractivity (Wildman–Crippen MR) is 119 cm³/mol. The number of nitrogen functional groups attached to an aromatic ring is 1. The SMILES string of the molecule is Nc1ncnc2c1ncn2[C@H]1C[C@@H](OC(=O)CCCC[C@@H]2SC[C@@H]3NC(=O)N[C@@H]32)[C@@H](CO)O1. The Morgan fingerprint density at radius 2 is 2.21 bits per heavy atom. The van der Waals surface area contributed by atoms with E-state index in [1.54, 1.807) is 10.9 Å². The van der Waals surface area contributed by atoms with Crippen molar-refractivity contribution >= 4 is 40.7 Å². The molecule has 2 aromatic heterocycles. The molecule has 6 atom stereocenters. The molecule has 0 saturated carbocycles. The van der Waals surface area contributed by atoms with Crippen molar-refractivity contribution in [2.75, 3.05) is 18.1 Å². The number of nitrogens with zero attached hydrogens (tertiary/aromatic N) is 4. The molecule has 3 fully saturated rings. The highest BCUT2D eigenvalue weighted by atomic mass is 32.2. The number of amides is 2. The molecule has 0 unspecified atom stereocenters. The maximum absolute atomic E-state index is 12.4. The number of carbonyl (C=O) groups excluding carboxylic acids is 2. The van der Waals surface area contributed by atoms with E-state index in [0.717, 1.165) is 18.6 Å². The lowest BCUT2D eigenvalue weighted by molar-refractivity contribution is -0.153. The van der Waals surface area contributed by atoms with Crippen LogP contribution in [0.25, 0.3) is 11.2 Å². The second kappa shape index (κ2) is 9.31. The first-order valence-electron chi connectivity index (χ1n) is 11.1. The minimum Gasteiger partial charge on any atom is -0.459 e. The van der Waals surface area contributed by atoms with Crippen LogP contribution < -0.4 is 16.4 Å². The van der Waals surface area contributed by atoms with Crippen molar-refractivity contribution in [3.8, 4) is 0 Å². The van der Waals surface area contributed by atoms with E-state index in [0.29, 0.717) is 35.7 Å². The van der Waals surface area contributed by atoms with Crippen LogP contribution in [-0.4, -0.2) is 78.5 Å². The van der Waals surface area contributed by atoms with E-state index in [9.17, 15) is 14.7 Å². The molecule has 0 spiro atoms. The zero-order chi connectivity index (χ0) is 22.9. The fourth-order valence-corrected chi connectivity index (χ4v) is 6.27. The van der Waals surface area contributed by atoms with Gasteiger partial charge >= 0.3 is 12.0 Å². The summed E-state index contributed by atoms with van der Waals surface area (Å²) in [5.74, 6) is 0.890. The summed E-state index contributed by atoms with van der Waals surface area (Å²) in [6.45, 7) is -0.264. The molecule has 5 rings (SSSR count). The van der Waals surface area contributed by atoms with Crippen molar-refractivity contribution in [3.63, 3.8) is 0 Å². The van der Waals surface area contributed by atoms with E-state index in [1.807, 2.05) is 11.8 Å². The second-order valence-electron chi connectivity index (χ2n) is 8.53. The number of thioether (sulfide) groups is 1. The van der Waals surface area contributed by atoms with Crippen molar-refractivity contribution in [1.82, 2.24) is 30.2 Å². The highest BCUT2D eigenvalue weighted by molar-refractivity contribution is 8.00. The zero-order valence-corrected chi connectivity index (χ0v) is 18.7. The molecule has 2 amide bonds. The number of aliphatic hydroxyl groups excluding tert-OH is 1. The summed E-state index contributed by atoms with van der Waals surface area (Å²) >= 11 is 1.86. The van der Waals surface area contributed by atoms with Gasteiger partial charge in [0.05, 0.1) is 25.0 Å². The van der Waals surface area contributed by atoms with Gasteiger partial charge in [-0.3, -0.25) is 9.36 Å². The minimum absolute atomic E-state index is 0.0889. The monoisotopic (exact) mass is 477 g/mol. The van der Waals surface area contributed by atoms with E-state index < -0.39 is 18.4 Å². The van der Waals surface area contributed by atoms with E-state index in [-0.39, 0.29) is 36.5 Å². The van der Waals surface area contributed by atoms with Gasteiger partial charge in [-0.2, -0.15) is 11.8 Å². The summed E-state index contributed by atoms with van der Waals surface area (Å²) in [6, 6.07) is 0.292. The second-order valence-corrected chi connectivity index (χ2v) is 9.80. The number of urea groups is 1. The Hall–Kier alpha value is -2.64. The van der Waals surface area contributed by atoms with Gasteiger partial charge < -0.3 is 30.9 Å². The lowest BCUT2D eigenvalue weighted by atomic mass is 10.0. The van der Waals surface area contributed by atoms with Crippen molar-refractivity contribution in [3.05, 3.63) is 12.7 Å². The number of esters is 1. The predicted octanol–water partition coefficient (Wildman–Crippen LogP) is 0.326. The molecule has 12 nitrogen and oxygen atoms in total. The normalized spacial score (nSPS) is 30.9. The Kier molecular flexibility index (Phi) is 6.25. The number of rotatable bonds is 8. The van der Waals surface area contributed by atoms with Crippen LogP contribution in [0.5, 0.6) is 0 Å². The number of aromatic nitrogens is 4. The molecule has 178 valence electrons. The van der Waals surface area contributed by atoms with Gasteiger partial charge in [-0.25, -0.2) is 19.7 Å². The van der Waals surface area contributed by atoms with Crippen molar-refractivity contribution in [2.45, 2.75) is 67.9 Å². The van der Waals surface area contributed by atoms with Crippen LogP contribution in [0.4, 0.5) is 10.6 Å². The highest BCUT2D eigenvalue weighted by Gasteiger charge is 2.42. The Bertz CT molecular complexity index is 1040. The summed E-state index contributed by atoms with van der Waals surface area (Å²) < 4.78 is 13.3. The Morgan fingerprint density at radius 1 is 1.33 bits per heavy atom. The van der Waals surface area contributed by atoms with Gasteiger partial charge in [-0.1, -0.05) is 6.42 Å². The van der Waals surface area contributed by atoms with Gasteiger partial charge in [-0.15, -0.1) is 0 Å². The number of hydrogen-bond acceptors (Lipinski definition) is 10. The molecule has 13 heteroatoms. The fourth-order valence-electron chi connectivity index (χ4n) is 4.73. The maximum Gasteiger partial charge on any atom is 0.315 e. The highest BCUT2D eigenvalue weighted by Crippen LogP contribution is 2.34. The number of anilines is 1. The molecule has 0 aromatic carbocycles. The molecule has 0 bridgehead atoms. The Morgan fingerprint density at radius 3 is 3.06 bits per heavy atom. The maximum atomic E-state index is 12.4. The number of fused-ring (bicyclic) bond motifs is 2. The number of nitrogens with two attached hydrogens (primary N) is 1.